The molecule has 4 heteroatoms. The van der Waals surface area contributed by atoms with Crippen molar-refractivity contribution in [2.45, 2.75) is 26.0 Å². The molecule has 0 saturated heterocycles. The number of aliphatic hydroxyl groups excluding tert-OH is 1. The van der Waals surface area contributed by atoms with E-state index in [9.17, 15) is 5.11 Å². The van der Waals surface area contributed by atoms with Gasteiger partial charge in [-0.05, 0) is 24.1 Å². The molecule has 0 aliphatic rings. The summed E-state index contributed by atoms with van der Waals surface area (Å²) >= 11 is 0. The van der Waals surface area contributed by atoms with Gasteiger partial charge < -0.3 is 19.9 Å². The number of hydrogen-bond donors (Lipinski definition) is 2. The van der Waals surface area contributed by atoms with Gasteiger partial charge in [0.25, 0.3) is 0 Å². The zero-order chi connectivity index (χ0) is 12.7. The molecule has 0 fully saturated rings. The smallest absolute Gasteiger partial charge is 0.161 e. The molecule has 0 bridgehead atoms. The molecule has 0 aromatic heterocycles. The van der Waals surface area contributed by atoms with Crippen molar-refractivity contribution in [1.82, 2.24) is 5.32 Å². The van der Waals surface area contributed by atoms with Crippen LogP contribution < -0.4 is 14.8 Å². The van der Waals surface area contributed by atoms with Gasteiger partial charge >= 0.3 is 0 Å². The summed E-state index contributed by atoms with van der Waals surface area (Å²) in [5, 5.41) is 12.6. The normalized spacial score (nSPS) is 12.2. The molecule has 0 aliphatic carbocycles. The van der Waals surface area contributed by atoms with E-state index in [2.05, 4.69) is 5.32 Å². The van der Waals surface area contributed by atoms with Crippen molar-refractivity contribution in [2.24, 2.45) is 0 Å². The van der Waals surface area contributed by atoms with E-state index < -0.39 is 0 Å². The van der Waals surface area contributed by atoms with Crippen molar-refractivity contribution in [3.05, 3.63) is 23.8 Å². The van der Waals surface area contributed by atoms with E-state index in [1.165, 1.54) is 0 Å². The lowest BCUT2D eigenvalue weighted by Crippen LogP contribution is -2.25. The van der Waals surface area contributed by atoms with Crippen LogP contribution in [0, 0.1) is 0 Å². The minimum atomic E-state index is -0.282. The van der Waals surface area contributed by atoms with Crippen LogP contribution in [-0.2, 0) is 6.54 Å². The topological polar surface area (TPSA) is 50.7 Å². The summed E-state index contributed by atoms with van der Waals surface area (Å²) in [4.78, 5) is 0. The fourth-order valence-electron chi connectivity index (χ4n) is 1.52. The number of hydrogen-bond acceptors (Lipinski definition) is 4. The van der Waals surface area contributed by atoms with Gasteiger partial charge in [-0.2, -0.15) is 0 Å². The molecule has 1 aromatic carbocycles. The molecule has 1 aromatic rings. The Kier molecular flexibility index (Phi) is 5.80. The van der Waals surface area contributed by atoms with Crippen LogP contribution in [0.1, 0.15) is 18.9 Å². The Labute approximate surface area is 103 Å². The predicted molar refractivity (Wildman–Crippen MR) is 67.6 cm³/mol. The molecule has 0 heterocycles. The molecular formula is C13H21NO3. The van der Waals surface area contributed by atoms with Gasteiger partial charge in [0.05, 0.1) is 20.3 Å². The summed E-state index contributed by atoms with van der Waals surface area (Å²) in [7, 11) is 3.24. The first-order chi connectivity index (χ1) is 8.21. The molecule has 0 amide bonds. The van der Waals surface area contributed by atoms with Crippen molar-refractivity contribution >= 4 is 0 Å². The maximum absolute atomic E-state index is 9.41. The molecule has 96 valence electrons. The van der Waals surface area contributed by atoms with Crippen molar-refractivity contribution in [3.63, 3.8) is 0 Å². The lowest BCUT2D eigenvalue weighted by atomic mass is 10.2. The molecule has 0 spiro atoms. The van der Waals surface area contributed by atoms with Crippen molar-refractivity contribution in [3.8, 4) is 11.5 Å². The minimum absolute atomic E-state index is 0.282. The van der Waals surface area contributed by atoms with Gasteiger partial charge in [-0.15, -0.1) is 0 Å². The van der Waals surface area contributed by atoms with Gasteiger partial charge in [-0.3, -0.25) is 0 Å². The summed E-state index contributed by atoms with van der Waals surface area (Å²) < 4.78 is 10.4. The molecule has 1 rings (SSSR count). The number of benzene rings is 1. The number of ether oxygens (including phenoxy) is 2. The largest absolute Gasteiger partial charge is 0.493 e. The standard InChI is InChI=1S/C13H21NO3/c1-4-11(15)9-14-8-10-5-6-12(16-2)13(7-10)17-3/h5-7,11,14-15H,4,8-9H2,1-3H3. The van der Waals surface area contributed by atoms with Gasteiger partial charge in [-0.25, -0.2) is 0 Å². The first-order valence-corrected chi connectivity index (χ1v) is 5.81. The van der Waals surface area contributed by atoms with Gasteiger partial charge in [0.2, 0.25) is 0 Å². The highest BCUT2D eigenvalue weighted by molar-refractivity contribution is 5.42. The highest BCUT2D eigenvalue weighted by atomic mass is 16.5. The summed E-state index contributed by atoms with van der Waals surface area (Å²) in [6, 6.07) is 5.79. The zero-order valence-electron chi connectivity index (χ0n) is 10.7. The number of rotatable bonds is 7. The molecule has 0 radical (unpaired) electrons. The predicted octanol–water partition coefficient (Wildman–Crippen LogP) is 1.56. The quantitative estimate of drug-likeness (QED) is 0.758. The van der Waals surface area contributed by atoms with E-state index in [0.29, 0.717) is 13.1 Å². The Morgan fingerprint density at radius 1 is 1.24 bits per heavy atom. The van der Waals surface area contributed by atoms with Crippen LogP contribution in [0.25, 0.3) is 0 Å². The van der Waals surface area contributed by atoms with Crippen LogP contribution in [0.4, 0.5) is 0 Å². The third kappa shape index (κ3) is 4.24. The maximum atomic E-state index is 9.41. The van der Waals surface area contributed by atoms with Crippen LogP contribution in [0.3, 0.4) is 0 Å². The molecule has 4 nitrogen and oxygen atoms in total. The molecular weight excluding hydrogens is 218 g/mol. The van der Waals surface area contributed by atoms with Gasteiger partial charge in [0.15, 0.2) is 11.5 Å². The summed E-state index contributed by atoms with van der Waals surface area (Å²) in [5.74, 6) is 1.45. The van der Waals surface area contributed by atoms with Crippen molar-refractivity contribution in [2.75, 3.05) is 20.8 Å². The molecule has 0 saturated carbocycles. The van der Waals surface area contributed by atoms with E-state index in [4.69, 9.17) is 9.47 Å². The highest BCUT2D eigenvalue weighted by Gasteiger charge is 2.05. The first-order valence-electron chi connectivity index (χ1n) is 5.81. The fraction of sp³-hybridized carbons (Fsp3) is 0.538. The molecule has 1 unspecified atom stereocenters. The second-order valence-electron chi connectivity index (χ2n) is 3.88. The molecule has 17 heavy (non-hydrogen) atoms. The first kappa shape index (κ1) is 13.8. The highest BCUT2D eigenvalue weighted by Crippen LogP contribution is 2.27. The average molecular weight is 239 g/mol. The number of nitrogens with one attached hydrogen (secondary N) is 1. The van der Waals surface area contributed by atoms with Crippen LogP contribution in [-0.4, -0.2) is 32.0 Å². The molecule has 2 N–H and O–H groups in total. The maximum Gasteiger partial charge on any atom is 0.161 e. The second-order valence-corrected chi connectivity index (χ2v) is 3.88. The van der Waals surface area contributed by atoms with Gasteiger partial charge in [0, 0.05) is 13.1 Å². The Bertz CT molecular complexity index is 341. The monoisotopic (exact) mass is 239 g/mol. The SMILES string of the molecule is CCC(O)CNCc1ccc(OC)c(OC)c1. The Morgan fingerprint density at radius 3 is 2.53 bits per heavy atom. The van der Waals surface area contributed by atoms with Gasteiger partial charge in [-0.1, -0.05) is 13.0 Å². The zero-order valence-corrected chi connectivity index (χ0v) is 10.7. The third-order valence-corrected chi connectivity index (χ3v) is 2.63. The summed E-state index contributed by atoms with van der Waals surface area (Å²) in [6.45, 7) is 3.27. The minimum Gasteiger partial charge on any atom is -0.493 e. The Hall–Kier alpha value is -1.26. The fourth-order valence-corrected chi connectivity index (χ4v) is 1.52. The van der Waals surface area contributed by atoms with Gasteiger partial charge in [0.1, 0.15) is 0 Å². The lowest BCUT2D eigenvalue weighted by molar-refractivity contribution is 0.167. The average Bonchev–Trinajstić information content (AvgIpc) is 2.38. The number of aliphatic hydroxyl groups is 1. The molecule has 1 atom stereocenters. The number of methoxy groups -OCH3 is 2. The summed E-state index contributed by atoms with van der Waals surface area (Å²) in [5.41, 5.74) is 1.10. The lowest BCUT2D eigenvalue weighted by Gasteiger charge is -2.12. The Balaban J connectivity index is 2.54. The van der Waals surface area contributed by atoms with E-state index in [1.54, 1.807) is 14.2 Å². The second kappa shape index (κ2) is 7.14. The third-order valence-electron chi connectivity index (χ3n) is 2.63. The van der Waals surface area contributed by atoms with Crippen LogP contribution >= 0.6 is 0 Å². The summed E-state index contributed by atoms with van der Waals surface area (Å²) in [6.07, 6.45) is 0.481. The Morgan fingerprint density at radius 2 is 1.94 bits per heavy atom. The van der Waals surface area contributed by atoms with Crippen LogP contribution in [0.15, 0.2) is 18.2 Å². The van der Waals surface area contributed by atoms with E-state index in [0.717, 1.165) is 23.5 Å². The van der Waals surface area contributed by atoms with E-state index in [1.807, 2.05) is 25.1 Å². The van der Waals surface area contributed by atoms with Crippen LogP contribution in [0.2, 0.25) is 0 Å². The van der Waals surface area contributed by atoms with Crippen molar-refractivity contribution < 1.29 is 14.6 Å². The van der Waals surface area contributed by atoms with Crippen LogP contribution in [0.5, 0.6) is 11.5 Å². The van der Waals surface area contributed by atoms with E-state index in [-0.39, 0.29) is 6.10 Å². The van der Waals surface area contributed by atoms with E-state index >= 15 is 0 Å². The molecule has 0 aliphatic heterocycles. The van der Waals surface area contributed by atoms with Crippen molar-refractivity contribution in [1.29, 1.82) is 0 Å².